The highest BCUT2D eigenvalue weighted by molar-refractivity contribution is 5.97. The highest BCUT2D eigenvalue weighted by Crippen LogP contribution is 2.34. The summed E-state index contributed by atoms with van der Waals surface area (Å²) in [7, 11) is 1.63. The zero-order valence-electron chi connectivity index (χ0n) is 19.2. The summed E-state index contributed by atoms with van der Waals surface area (Å²) in [6, 6.07) is 10.3. The van der Waals surface area contributed by atoms with Crippen LogP contribution in [0.4, 0.5) is 0 Å². The number of hydrogen-bond acceptors (Lipinski definition) is 5. The fraction of sp³-hybridized carbons (Fsp3) is 0.500. The fourth-order valence-electron chi connectivity index (χ4n) is 5.63. The molecule has 2 saturated carbocycles. The van der Waals surface area contributed by atoms with E-state index < -0.39 is 0 Å². The van der Waals surface area contributed by atoms with Crippen molar-refractivity contribution in [2.24, 2.45) is 0 Å². The second-order valence-corrected chi connectivity index (χ2v) is 9.24. The number of aliphatic hydroxyl groups is 1. The number of rotatable bonds is 7. The number of carbonyl (C=O) groups excluding carboxylic acids is 1. The second kappa shape index (κ2) is 9.51. The highest BCUT2D eigenvalue weighted by Gasteiger charge is 2.35. The number of aromatic nitrogens is 3. The SMILES string of the molecule is COc1cc(Cn2c(CO)nc3ncccc32)ccc1C(=O)N(C1CCCC1)C1CCCC1. The number of aliphatic hydroxyl groups excluding tert-OH is 1. The minimum atomic E-state index is -0.165. The van der Waals surface area contributed by atoms with Crippen LogP contribution in [0.5, 0.6) is 5.75 Å². The van der Waals surface area contributed by atoms with Crippen LogP contribution in [0, 0.1) is 0 Å². The summed E-state index contributed by atoms with van der Waals surface area (Å²) in [6.45, 7) is 0.347. The lowest BCUT2D eigenvalue weighted by atomic mass is 10.0. The number of carbonyl (C=O) groups is 1. The van der Waals surface area contributed by atoms with Gasteiger partial charge in [-0.2, -0.15) is 0 Å². The Kier molecular flexibility index (Phi) is 6.31. The number of benzene rings is 1. The van der Waals surface area contributed by atoms with Crippen LogP contribution in [0.2, 0.25) is 0 Å². The molecule has 0 unspecified atom stereocenters. The zero-order valence-corrected chi connectivity index (χ0v) is 19.2. The van der Waals surface area contributed by atoms with E-state index in [9.17, 15) is 9.90 Å². The molecule has 2 fully saturated rings. The Bertz CT molecular complexity index is 1110. The Morgan fingerprint density at radius 1 is 1.12 bits per heavy atom. The molecule has 33 heavy (non-hydrogen) atoms. The molecule has 0 aliphatic heterocycles. The predicted molar refractivity (Wildman–Crippen MR) is 126 cm³/mol. The van der Waals surface area contributed by atoms with Gasteiger partial charge in [-0.25, -0.2) is 9.97 Å². The van der Waals surface area contributed by atoms with Crippen LogP contribution in [0.3, 0.4) is 0 Å². The Hall–Kier alpha value is -2.93. The number of hydrogen-bond donors (Lipinski definition) is 1. The Labute approximate surface area is 194 Å². The van der Waals surface area contributed by atoms with Gasteiger partial charge in [0.1, 0.15) is 18.2 Å². The molecule has 7 heteroatoms. The Morgan fingerprint density at radius 3 is 2.45 bits per heavy atom. The first-order valence-electron chi connectivity index (χ1n) is 12.1. The van der Waals surface area contributed by atoms with Crippen molar-refractivity contribution in [1.29, 1.82) is 0 Å². The van der Waals surface area contributed by atoms with Crippen molar-refractivity contribution >= 4 is 17.1 Å². The number of nitrogens with zero attached hydrogens (tertiary/aromatic N) is 4. The van der Waals surface area contributed by atoms with Gasteiger partial charge in [0.15, 0.2) is 5.65 Å². The molecular weight excluding hydrogens is 416 g/mol. The van der Waals surface area contributed by atoms with E-state index in [1.54, 1.807) is 13.3 Å². The summed E-state index contributed by atoms with van der Waals surface area (Å²) >= 11 is 0. The van der Waals surface area contributed by atoms with Crippen LogP contribution in [-0.4, -0.2) is 49.6 Å². The molecule has 2 aliphatic rings. The van der Waals surface area contributed by atoms with Crippen molar-refractivity contribution in [2.75, 3.05) is 7.11 Å². The third kappa shape index (κ3) is 4.22. The summed E-state index contributed by atoms with van der Waals surface area (Å²) in [5.41, 5.74) is 3.10. The van der Waals surface area contributed by atoms with Crippen molar-refractivity contribution in [2.45, 2.75) is 76.6 Å². The Morgan fingerprint density at radius 2 is 1.82 bits per heavy atom. The molecule has 0 atom stereocenters. The molecular formula is C26H32N4O3. The molecule has 0 saturated heterocycles. The zero-order chi connectivity index (χ0) is 22.8. The standard InChI is InChI=1S/C26H32N4O3/c1-33-23-15-18(16-29-22-11-6-14-27-25(22)28-24(29)17-31)12-13-21(23)26(32)30(19-7-2-3-8-19)20-9-4-5-10-20/h6,11-15,19-20,31H,2-5,7-10,16-17H2,1H3. The maximum atomic E-state index is 13.8. The summed E-state index contributed by atoms with van der Waals surface area (Å²) in [6.07, 6.45) is 10.9. The summed E-state index contributed by atoms with van der Waals surface area (Å²) in [5.74, 6) is 1.27. The average molecular weight is 449 g/mol. The molecule has 1 N–H and O–H groups in total. The molecule has 3 aromatic rings. The van der Waals surface area contributed by atoms with Gasteiger partial charge in [-0.15, -0.1) is 0 Å². The van der Waals surface area contributed by atoms with Crippen molar-refractivity contribution in [3.63, 3.8) is 0 Å². The van der Waals surface area contributed by atoms with Gasteiger partial charge >= 0.3 is 0 Å². The number of imidazole rings is 1. The van der Waals surface area contributed by atoms with E-state index in [-0.39, 0.29) is 12.5 Å². The molecule has 1 aromatic carbocycles. The molecule has 5 rings (SSSR count). The van der Waals surface area contributed by atoms with E-state index in [0.29, 0.717) is 41.4 Å². The first kappa shape index (κ1) is 21.9. The smallest absolute Gasteiger partial charge is 0.258 e. The van der Waals surface area contributed by atoms with Gasteiger partial charge in [0.25, 0.3) is 5.91 Å². The first-order valence-corrected chi connectivity index (χ1v) is 12.1. The topological polar surface area (TPSA) is 80.5 Å². The monoisotopic (exact) mass is 448 g/mol. The second-order valence-electron chi connectivity index (χ2n) is 9.24. The van der Waals surface area contributed by atoms with Crippen LogP contribution < -0.4 is 4.74 Å². The quantitative estimate of drug-likeness (QED) is 0.583. The maximum absolute atomic E-state index is 13.8. The molecule has 2 heterocycles. The molecule has 2 aliphatic carbocycles. The van der Waals surface area contributed by atoms with Gasteiger partial charge in [0.05, 0.1) is 18.2 Å². The molecule has 7 nitrogen and oxygen atoms in total. The van der Waals surface area contributed by atoms with E-state index in [1.807, 2.05) is 34.9 Å². The number of pyridine rings is 1. The van der Waals surface area contributed by atoms with Crippen LogP contribution in [0.15, 0.2) is 36.5 Å². The normalized spacial score (nSPS) is 17.2. The van der Waals surface area contributed by atoms with Gasteiger partial charge in [-0.1, -0.05) is 31.7 Å². The van der Waals surface area contributed by atoms with Crippen LogP contribution in [0.25, 0.3) is 11.2 Å². The van der Waals surface area contributed by atoms with Crippen LogP contribution in [0.1, 0.15) is 73.1 Å². The lowest BCUT2D eigenvalue weighted by Crippen LogP contribution is -2.45. The summed E-state index contributed by atoms with van der Waals surface area (Å²) < 4.78 is 7.67. The van der Waals surface area contributed by atoms with E-state index in [4.69, 9.17) is 4.74 Å². The van der Waals surface area contributed by atoms with Crippen LogP contribution in [-0.2, 0) is 13.2 Å². The van der Waals surface area contributed by atoms with Gasteiger partial charge in [0.2, 0.25) is 0 Å². The lowest BCUT2D eigenvalue weighted by Gasteiger charge is -2.35. The van der Waals surface area contributed by atoms with Crippen molar-refractivity contribution in [3.05, 3.63) is 53.5 Å². The number of amides is 1. The van der Waals surface area contributed by atoms with Gasteiger partial charge in [-0.05, 0) is 55.5 Å². The van der Waals surface area contributed by atoms with E-state index in [1.165, 1.54) is 25.7 Å². The minimum Gasteiger partial charge on any atom is -0.496 e. The highest BCUT2D eigenvalue weighted by atomic mass is 16.5. The first-order chi connectivity index (χ1) is 16.2. The van der Waals surface area contributed by atoms with Crippen molar-refractivity contribution in [3.8, 4) is 5.75 Å². The number of ether oxygens (including phenoxy) is 1. The maximum Gasteiger partial charge on any atom is 0.258 e. The van der Waals surface area contributed by atoms with E-state index in [2.05, 4.69) is 14.9 Å². The molecule has 1 amide bonds. The molecule has 0 spiro atoms. The van der Waals surface area contributed by atoms with Gasteiger partial charge in [0, 0.05) is 24.8 Å². The average Bonchev–Trinajstić information content (AvgIpc) is 3.62. The Balaban J connectivity index is 1.45. The van der Waals surface area contributed by atoms with Crippen molar-refractivity contribution < 1.29 is 14.6 Å². The third-order valence-corrected chi connectivity index (χ3v) is 7.25. The number of fused-ring (bicyclic) bond motifs is 1. The molecule has 2 aromatic heterocycles. The summed E-state index contributed by atoms with van der Waals surface area (Å²) in [5, 5.41) is 9.80. The third-order valence-electron chi connectivity index (χ3n) is 7.25. The largest absolute Gasteiger partial charge is 0.496 e. The number of methoxy groups -OCH3 is 1. The van der Waals surface area contributed by atoms with Crippen LogP contribution >= 0.6 is 0 Å². The van der Waals surface area contributed by atoms with Gasteiger partial charge < -0.3 is 19.3 Å². The van der Waals surface area contributed by atoms with E-state index >= 15 is 0 Å². The minimum absolute atomic E-state index is 0.102. The lowest BCUT2D eigenvalue weighted by molar-refractivity contribution is 0.0577. The summed E-state index contributed by atoms with van der Waals surface area (Å²) in [4.78, 5) is 24.7. The van der Waals surface area contributed by atoms with Gasteiger partial charge in [-0.3, -0.25) is 4.79 Å². The fourth-order valence-corrected chi connectivity index (χ4v) is 5.63. The molecule has 174 valence electrons. The van der Waals surface area contributed by atoms with Crippen molar-refractivity contribution in [1.82, 2.24) is 19.4 Å². The predicted octanol–water partition coefficient (Wildman–Crippen LogP) is 4.31. The molecule has 0 radical (unpaired) electrons. The van der Waals surface area contributed by atoms with E-state index in [0.717, 1.165) is 36.8 Å². The molecule has 0 bridgehead atoms.